The van der Waals surface area contributed by atoms with E-state index in [2.05, 4.69) is 0 Å². The molecule has 26 heavy (non-hydrogen) atoms. The molecule has 0 aromatic heterocycles. The number of aliphatic hydroxyl groups excluding tert-OH is 1. The highest BCUT2D eigenvalue weighted by Gasteiger charge is 2.45. The molecule has 0 aliphatic carbocycles. The van der Waals surface area contributed by atoms with E-state index in [1.807, 2.05) is 6.92 Å². The summed E-state index contributed by atoms with van der Waals surface area (Å²) >= 11 is 0. The van der Waals surface area contributed by atoms with E-state index in [1.54, 1.807) is 42.5 Å². The maximum Gasteiger partial charge on any atom is 0.295 e. The first-order valence-electron chi connectivity index (χ1n) is 8.64. The zero-order chi connectivity index (χ0) is 18.7. The van der Waals surface area contributed by atoms with Crippen LogP contribution < -0.4 is 0 Å². The third-order valence-corrected chi connectivity index (χ3v) is 4.53. The zero-order valence-electron chi connectivity index (χ0n) is 14.5. The van der Waals surface area contributed by atoms with E-state index in [0.29, 0.717) is 17.7 Å². The lowest BCUT2D eigenvalue weighted by Gasteiger charge is -2.25. The Hall–Kier alpha value is -2.95. The molecule has 0 saturated carbocycles. The van der Waals surface area contributed by atoms with Gasteiger partial charge in [-0.05, 0) is 24.1 Å². The number of Topliss-reactive ketones (excluding diaryl/α,β-unsaturated/α-hetero) is 1. The van der Waals surface area contributed by atoms with Crippen molar-refractivity contribution in [2.45, 2.75) is 25.8 Å². The van der Waals surface area contributed by atoms with Crippen LogP contribution in [0.3, 0.4) is 0 Å². The number of carbonyl (C=O) groups excluding carboxylic acids is 2. The number of amides is 1. The van der Waals surface area contributed by atoms with E-state index >= 15 is 0 Å². The smallest absolute Gasteiger partial charge is 0.295 e. The van der Waals surface area contributed by atoms with Gasteiger partial charge in [-0.15, -0.1) is 0 Å². The molecule has 0 bridgehead atoms. The quantitative estimate of drug-likeness (QED) is 0.501. The summed E-state index contributed by atoms with van der Waals surface area (Å²) in [5.74, 6) is -1.96. The van der Waals surface area contributed by atoms with Crippen LogP contribution in [0.25, 0.3) is 5.76 Å². The lowest BCUT2D eigenvalue weighted by Crippen LogP contribution is -2.30. The van der Waals surface area contributed by atoms with E-state index in [4.69, 9.17) is 0 Å². The average molecular weight is 353 g/mol. The topological polar surface area (TPSA) is 57.6 Å². The molecule has 1 saturated heterocycles. The standard InChI is InChI=1S/C21H20FNO3/c1-2-3-13-23-18(14-9-11-16(22)12-10-14)17(20(25)21(23)26)19(24)15-7-5-4-6-8-15/h4-12,18,24H,2-3,13H2,1H3/t18-/m0/s1. The monoisotopic (exact) mass is 353 g/mol. The molecule has 4 nitrogen and oxygen atoms in total. The number of ketones is 1. The Bertz CT molecular complexity index is 843. The highest BCUT2D eigenvalue weighted by atomic mass is 19.1. The molecule has 1 atom stereocenters. The molecule has 0 radical (unpaired) electrons. The first-order chi connectivity index (χ1) is 12.5. The first-order valence-corrected chi connectivity index (χ1v) is 8.64. The van der Waals surface area contributed by atoms with Gasteiger partial charge in [0, 0.05) is 12.1 Å². The second-order valence-corrected chi connectivity index (χ2v) is 6.26. The highest BCUT2D eigenvalue weighted by Crippen LogP contribution is 2.39. The van der Waals surface area contributed by atoms with Crippen molar-refractivity contribution in [1.29, 1.82) is 0 Å². The molecule has 3 rings (SSSR count). The van der Waals surface area contributed by atoms with Gasteiger partial charge < -0.3 is 10.0 Å². The van der Waals surface area contributed by atoms with E-state index in [-0.39, 0.29) is 11.3 Å². The number of hydrogen-bond acceptors (Lipinski definition) is 3. The lowest BCUT2D eigenvalue weighted by atomic mass is 9.95. The predicted octanol–water partition coefficient (Wildman–Crippen LogP) is 4.05. The van der Waals surface area contributed by atoms with E-state index in [0.717, 1.165) is 12.8 Å². The second-order valence-electron chi connectivity index (χ2n) is 6.26. The van der Waals surface area contributed by atoms with Crippen LogP contribution in [0.1, 0.15) is 36.9 Å². The van der Waals surface area contributed by atoms with Gasteiger partial charge in [-0.25, -0.2) is 4.39 Å². The zero-order valence-corrected chi connectivity index (χ0v) is 14.5. The Kier molecular flexibility index (Phi) is 5.16. The molecule has 1 amide bonds. The van der Waals surface area contributed by atoms with Crippen LogP contribution in [-0.4, -0.2) is 28.2 Å². The van der Waals surface area contributed by atoms with Crippen molar-refractivity contribution in [3.8, 4) is 0 Å². The maximum atomic E-state index is 13.3. The summed E-state index contributed by atoms with van der Waals surface area (Å²) in [7, 11) is 0. The van der Waals surface area contributed by atoms with Crippen molar-refractivity contribution >= 4 is 17.4 Å². The van der Waals surface area contributed by atoms with Crippen LogP contribution in [-0.2, 0) is 9.59 Å². The molecule has 0 spiro atoms. The van der Waals surface area contributed by atoms with Crippen molar-refractivity contribution < 1.29 is 19.1 Å². The summed E-state index contributed by atoms with van der Waals surface area (Å²) in [6, 6.07) is 13.6. The molecule has 1 aliphatic heterocycles. The maximum absolute atomic E-state index is 13.3. The number of aliphatic hydroxyl groups is 1. The molecule has 2 aromatic carbocycles. The van der Waals surface area contributed by atoms with Gasteiger partial charge in [-0.3, -0.25) is 9.59 Å². The number of halogens is 1. The Morgan fingerprint density at radius 2 is 1.73 bits per heavy atom. The fourth-order valence-electron chi connectivity index (χ4n) is 3.18. The molecular formula is C21H20FNO3. The summed E-state index contributed by atoms with van der Waals surface area (Å²) < 4.78 is 13.3. The Labute approximate surface area is 151 Å². The van der Waals surface area contributed by atoms with Crippen molar-refractivity contribution in [1.82, 2.24) is 4.90 Å². The van der Waals surface area contributed by atoms with Crippen LogP contribution in [0.15, 0.2) is 60.2 Å². The number of unbranched alkanes of at least 4 members (excludes halogenated alkanes) is 1. The van der Waals surface area contributed by atoms with Crippen molar-refractivity contribution in [3.63, 3.8) is 0 Å². The molecule has 1 fully saturated rings. The average Bonchev–Trinajstić information content (AvgIpc) is 2.91. The molecule has 2 aromatic rings. The number of nitrogens with zero attached hydrogens (tertiary/aromatic N) is 1. The van der Waals surface area contributed by atoms with Crippen LogP contribution >= 0.6 is 0 Å². The van der Waals surface area contributed by atoms with Gasteiger partial charge in [-0.1, -0.05) is 55.8 Å². The van der Waals surface area contributed by atoms with Gasteiger partial charge in [0.05, 0.1) is 11.6 Å². The fourth-order valence-corrected chi connectivity index (χ4v) is 3.18. The Morgan fingerprint density at radius 1 is 1.08 bits per heavy atom. The number of carbonyl (C=O) groups is 2. The number of rotatable bonds is 5. The number of hydrogen-bond donors (Lipinski definition) is 1. The van der Waals surface area contributed by atoms with Crippen molar-refractivity contribution in [2.24, 2.45) is 0 Å². The van der Waals surface area contributed by atoms with E-state index < -0.39 is 23.5 Å². The van der Waals surface area contributed by atoms with Crippen molar-refractivity contribution in [2.75, 3.05) is 6.54 Å². The molecule has 5 heteroatoms. The molecule has 0 unspecified atom stereocenters. The SMILES string of the molecule is CCCCN1C(=O)C(=O)C(=C(O)c2ccccc2)[C@@H]1c1ccc(F)cc1. The van der Waals surface area contributed by atoms with E-state index in [9.17, 15) is 19.1 Å². The van der Waals surface area contributed by atoms with E-state index in [1.165, 1.54) is 17.0 Å². The van der Waals surface area contributed by atoms with Gasteiger partial charge in [-0.2, -0.15) is 0 Å². The van der Waals surface area contributed by atoms with Crippen LogP contribution in [0, 0.1) is 5.82 Å². The third kappa shape index (κ3) is 3.25. The van der Waals surface area contributed by atoms with Gasteiger partial charge in [0.25, 0.3) is 11.7 Å². The summed E-state index contributed by atoms with van der Waals surface area (Å²) in [5, 5.41) is 10.7. The number of benzene rings is 2. The summed E-state index contributed by atoms with van der Waals surface area (Å²) in [4.78, 5) is 26.7. The minimum atomic E-state index is -0.720. The largest absolute Gasteiger partial charge is 0.507 e. The molecule has 1 heterocycles. The predicted molar refractivity (Wildman–Crippen MR) is 96.8 cm³/mol. The Morgan fingerprint density at radius 3 is 2.35 bits per heavy atom. The minimum Gasteiger partial charge on any atom is -0.507 e. The summed E-state index contributed by atoms with van der Waals surface area (Å²) in [6.45, 7) is 2.39. The van der Waals surface area contributed by atoms with Gasteiger partial charge in [0.1, 0.15) is 11.6 Å². The molecule has 1 aliphatic rings. The normalized spacial score (nSPS) is 19.2. The molecular weight excluding hydrogens is 333 g/mol. The highest BCUT2D eigenvalue weighted by molar-refractivity contribution is 6.46. The van der Waals surface area contributed by atoms with Gasteiger partial charge in [0.2, 0.25) is 0 Å². The first kappa shape index (κ1) is 17.9. The van der Waals surface area contributed by atoms with Gasteiger partial charge >= 0.3 is 0 Å². The summed E-state index contributed by atoms with van der Waals surface area (Å²) in [6.07, 6.45) is 1.59. The third-order valence-electron chi connectivity index (χ3n) is 4.53. The van der Waals surface area contributed by atoms with Crippen molar-refractivity contribution in [3.05, 3.63) is 77.1 Å². The molecule has 134 valence electrons. The van der Waals surface area contributed by atoms with Crippen LogP contribution in [0.2, 0.25) is 0 Å². The lowest BCUT2D eigenvalue weighted by molar-refractivity contribution is -0.139. The number of likely N-dealkylation sites (tertiary alicyclic amines) is 1. The summed E-state index contributed by atoms with van der Waals surface area (Å²) in [5.41, 5.74) is 1.11. The van der Waals surface area contributed by atoms with Gasteiger partial charge in [0.15, 0.2) is 0 Å². The second kappa shape index (κ2) is 7.52. The minimum absolute atomic E-state index is 0.0453. The Balaban J connectivity index is 2.15. The van der Waals surface area contributed by atoms with Crippen LogP contribution in [0.5, 0.6) is 0 Å². The molecule has 1 N–H and O–H groups in total. The fraction of sp³-hybridized carbons (Fsp3) is 0.238. The van der Waals surface area contributed by atoms with Crippen LogP contribution in [0.4, 0.5) is 4.39 Å².